The highest BCUT2D eigenvalue weighted by molar-refractivity contribution is 5.86. The molecule has 0 saturated carbocycles. The van der Waals surface area contributed by atoms with Crippen LogP contribution in [0, 0.1) is 0 Å². The molecule has 2 atom stereocenters. The molecule has 5 aliphatic carbocycles. The smallest absolute Gasteiger partial charge is 0.0661 e. The monoisotopic (exact) mass is 920 g/mol. The number of anilines is 2. The van der Waals surface area contributed by atoms with Crippen LogP contribution in [0.15, 0.2) is 247 Å². The van der Waals surface area contributed by atoms with Gasteiger partial charge in [0.25, 0.3) is 0 Å². The van der Waals surface area contributed by atoms with Gasteiger partial charge in [-0.25, -0.2) is 0 Å². The van der Waals surface area contributed by atoms with Crippen LogP contribution in [0.3, 0.4) is 0 Å². The van der Waals surface area contributed by atoms with Gasteiger partial charge in [0.15, 0.2) is 0 Å². The average Bonchev–Trinajstić information content (AvgIpc) is 3.72. The second kappa shape index (κ2) is 20.5. The minimum atomic E-state index is -0.316. The molecular formula is C70H65N. The summed E-state index contributed by atoms with van der Waals surface area (Å²) in [6.07, 6.45) is 44.4. The summed E-state index contributed by atoms with van der Waals surface area (Å²) in [7, 11) is 0. The molecule has 0 amide bonds. The first-order chi connectivity index (χ1) is 35.1. The van der Waals surface area contributed by atoms with E-state index >= 15 is 0 Å². The summed E-state index contributed by atoms with van der Waals surface area (Å²) in [6.45, 7) is 4.78. The highest BCUT2D eigenvalue weighted by atomic mass is 15.2. The van der Waals surface area contributed by atoms with Crippen LogP contribution in [-0.2, 0) is 10.8 Å². The largest absolute Gasteiger partial charge is 0.334 e. The number of fused-ring (bicyclic) bond motifs is 2. The second-order valence-electron chi connectivity index (χ2n) is 19.9. The number of hydrogen-bond acceptors (Lipinski definition) is 1. The van der Waals surface area contributed by atoms with Crippen molar-refractivity contribution in [3.05, 3.63) is 286 Å². The third kappa shape index (κ3) is 8.89. The Labute approximate surface area is 423 Å². The van der Waals surface area contributed by atoms with E-state index in [1.165, 1.54) is 83.7 Å². The minimum Gasteiger partial charge on any atom is -0.334 e. The average molecular weight is 920 g/mol. The lowest BCUT2D eigenvalue weighted by Gasteiger charge is -2.41. The molecule has 0 heterocycles. The predicted octanol–water partition coefficient (Wildman–Crippen LogP) is 18.6. The van der Waals surface area contributed by atoms with Crippen molar-refractivity contribution in [3.8, 4) is 11.1 Å². The molecule has 0 N–H and O–H groups in total. The standard InChI is InChI=1S/C70H65N/c1-3-69(4-2)67-50-55(40-48-65(67)66-49-47-64(51-68(66)69)71(62-26-16-8-17-27-62)63-28-18-9-19-29-63)37-36-53-32-30-52(31-33-53)34-35-54-38-41-56(42-39-54)57-43-45-61(46-44-57)70(58-20-10-5-11-21-58,59-22-12-6-13-23-59)60-24-14-7-15-25-60/h5-6,8-12,14,16-22,24-28,30-39,41-47,49-51,63H,3-4,7,13,15,23,29,40,48H2,1-2H3/b35-34+,37-36+. The Bertz CT molecular complexity index is 3190. The molecule has 71 heavy (non-hydrogen) atoms. The lowest BCUT2D eigenvalue weighted by Crippen LogP contribution is -2.33. The highest BCUT2D eigenvalue weighted by Crippen LogP contribution is 2.56. The Morgan fingerprint density at radius 1 is 0.577 bits per heavy atom. The summed E-state index contributed by atoms with van der Waals surface area (Å²) in [5.41, 5.74) is 21.3. The maximum absolute atomic E-state index is 2.54. The van der Waals surface area contributed by atoms with Gasteiger partial charge >= 0.3 is 0 Å². The molecular weight excluding hydrogens is 855 g/mol. The fourth-order valence-corrected chi connectivity index (χ4v) is 12.3. The normalized spacial score (nSPS) is 18.8. The molecule has 0 spiro atoms. The third-order valence-corrected chi connectivity index (χ3v) is 16.1. The third-order valence-electron chi connectivity index (χ3n) is 16.1. The van der Waals surface area contributed by atoms with Crippen molar-refractivity contribution in [1.82, 2.24) is 0 Å². The lowest BCUT2D eigenvalue weighted by atomic mass is 9.61. The second-order valence-corrected chi connectivity index (χ2v) is 19.9. The summed E-state index contributed by atoms with van der Waals surface area (Å²) in [4.78, 5) is 2.54. The van der Waals surface area contributed by atoms with E-state index in [9.17, 15) is 0 Å². The van der Waals surface area contributed by atoms with Gasteiger partial charge in [-0.2, -0.15) is 0 Å². The van der Waals surface area contributed by atoms with Crippen molar-refractivity contribution < 1.29 is 0 Å². The first-order valence-electron chi connectivity index (χ1n) is 26.3. The van der Waals surface area contributed by atoms with Crippen LogP contribution in [-0.4, -0.2) is 6.04 Å². The Balaban J connectivity index is 0.776. The molecule has 0 fully saturated rings. The molecule has 2 unspecified atom stereocenters. The van der Waals surface area contributed by atoms with E-state index in [0.717, 1.165) is 57.8 Å². The van der Waals surface area contributed by atoms with Gasteiger partial charge in [0.1, 0.15) is 0 Å². The first kappa shape index (κ1) is 45.9. The maximum atomic E-state index is 2.54. The molecule has 1 heteroatoms. The van der Waals surface area contributed by atoms with E-state index in [-0.39, 0.29) is 16.9 Å². The summed E-state index contributed by atoms with van der Waals surface area (Å²) >= 11 is 0. The molecule has 0 radical (unpaired) electrons. The Morgan fingerprint density at radius 3 is 1.87 bits per heavy atom. The van der Waals surface area contributed by atoms with E-state index < -0.39 is 0 Å². The summed E-state index contributed by atoms with van der Waals surface area (Å²) in [6, 6.07) is 57.0. The Hall–Kier alpha value is -7.48. The zero-order valence-corrected chi connectivity index (χ0v) is 41.5. The predicted molar refractivity (Wildman–Crippen MR) is 305 cm³/mol. The molecule has 0 saturated heterocycles. The van der Waals surface area contributed by atoms with Crippen molar-refractivity contribution >= 4 is 35.2 Å². The van der Waals surface area contributed by atoms with Crippen LogP contribution in [0.4, 0.5) is 11.4 Å². The van der Waals surface area contributed by atoms with Crippen LogP contribution in [0.25, 0.3) is 34.9 Å². The number of allylic oxidation sites excluding steroid dienone is 15. The molecule has 0 aromatic heterocycles. The molecule has 6 aromatic carbocycles. The van der Waals surface area contributed by atoms with Crippen LogP contribution in [0.2, 0.25) is 0 Å². The molecule has 1 nitrogen and oxygen atoms in total. The SMILES string of the molecule is CCC1(CC)C2=C(CCC(/C=C/c3ccc(/C=C/c4ccc(-c5ccc(C(C6=CCCC=C6)(C6=CC=CCC6)c6ccccc6)cc5)cc4)cc3)=C2)c2ccc(N(c3ccccc3)C3C=CC=CC3)cc21. The lowest BCUT2D eigenvalue weighted by molar-refractivity contribution is 0.484. The molecule has 0 aliphatic heterocycles. The van der Waals surface area contributed by atoms with E-state index in [4.69, 9.17) is 0 Å². The minimum absolute atomic E-state index is 0.0103. The fraction of sp³-hybridized carbons (Fsp3) is 0.200. The van der Waals surface area contributed by atoms with Crippen LogP contribution in [0.5, 0.6) is 0 Å². The Kier molecular flexibility index (Phi) is 13.2. The van der Waals surface area contributed by atoms with Gasteiger partial charge in [-0.1, -0.05) is 238 Å². The first-order valence-corrected chi connectivity index (χ1v) is 26.3. The van der Waals surface area contributed by atoms with E-state index in [0.29, 0.717) is 0 Å². The maximum Gasteiger partial charge on any atom is 0.0661 e. The number of hydrogen-bond donors (Lipinski definition) is 0. The topological polar surface area (TPSA) is 3.24 Å². The van der Waals surface area contributed by atoms with Gasteiger partial charge in [0.05, 0.1) is 11.5 Å². The zero-order valence-electron chi connectivity index (χ0n) is 41.5. The van der Waals surface area contributed by atoms with Crippen molar-refractivity contribution in [2.75, 3.05) is 4.90 Å². The van der Waals surface area contributed by atoms with Crippen LogP contribution >= 0.6 is 0 Å². The summed E-state index contributed by atoms with van der Waals surface area (Å²) in [5, 5.41) is 0. The number of rotatable bonds is 14. The van der Waals surface area contributed by atoms with Gasteiger partial charge in [0, 0.05) is 16.8 Å². The van der Waals surface area contributed by atoms with E-state index in [1.807, 2.05) is 0 Å². The number of para-hydroxylation sites is 1. The van der Waals surface area contributed by atoms with Gasteiger partial charge in [-0.05, 0) is 154 Å². The summed E-state index contributed by atoms with van der Waals surface area (Å²) < 4.78 is 0. The van der Waals surface area contributed by atoms with Gasteiger partial charge in [-0.15, -0.1) is 0 Å². The van der Waals surface area contributed by atoms with Crippen LogP contribution in [0.1, 0.15) is 111 Å². The molecule has 350 valence electrons. The summed E-state index contributed by atoms with van der Waals surface area (Å²) in [5.74, 6) is 0. The van der Waals surface area contributed by atoms with Crippen molar-refractivity contribution in [1.29, 1.82) is 0 Å². The van der Waals surface area contributed by atoms with E-state index in [1.54, 1.807) is 5.57 Å². The van der Waals surface area contributed by atoms with Crippen molar-refractivity contribution in [3.63, 3.8) is 0 Å². The van der Waals surface area contributed by atoms with E-state index in [2.05, 4.69) is 262 Å². The number of benzene rings is 6. The van der Waals surface area contributed by atoms with Crippen molar-refractivity contribution in [2.45, 2.75) is 88.5 Å². The molecule has 6 aromatic rings. The number of nitrogens with zero attached hydrogens (tertiary/aromatic N) is 1. The van der Waals surface area contributed by atoms with Gasteiger partial charge in [0.2, 0.25) is 0 Å². The Morgan fingerprint density at radius 2 is 1.24 bits per heavy atom. The molecule has 11 rings (SSSR count). The molecule has 0 bridgehead atoms. The quantitative estimate of drug-likeness (QED) is 0.0984. The van der Waals surface area contributed by atoms with Crippen LogP contribution < -0.4 is 4.90 Å². The van der Waals surface area contributed by atoms with Crippen molar-refractivity contribution in [2.24, 2.45) is 0 Å². The zero-order chi connectivity index (χ0) is 48.0. The van der Waals surface area contributed by atoms with Gasteiger partial charge in [-0.3, -0.25) is 0 Å². The van der Waals surface area contributed by atoms with Gasteiger partial charge < -0.3 is 4.90 Å². The molecule has 5 aliphatic rings. The fourth-order valence-electron chi connectivity index (χ4n) is 12.3. The highest BCUT2D eigenvalue weighted by Gasteiger charge is 2.43.